The molecule has 1 N–H and O–H groups in total. The highest BCUT2D eigenvalue weighted by molar-refractivity contribution is 6.31. The molecule has 2 nitrogen and oxygen atoms in total. The van der Waals surface area contributed by atoms with E-state index in [9.17, 15) is 8.78 Å². The normalized spacial score (nSPS) is 19.2. The van der Waals surface area contributed by atoms with Crippen molar-refractivity contribution in [1.29, 1.82) is 0 Å². The van der Waals surface area contributed by atoms with E-state index < -0.39 is 12.5 Å². The number of piperazine rings is 1. The van der Waals surface area contributed by atoms with E-state index in [0.29, 0.717) is 23.7 Å². The van der Waals surface area contributed by atoms with Crippen LogP contribution in [0.1, 0.15) is 17.2 Å². The number of benzene rings is 1. The van der Waals surface area contributed by atoms with Crippen LogP contribution in [0.25, 0.3) is 0 Å². The lowest BCUT2D eigenvalue weighted by Crippen LogP contribution is -2.47. The number of nitrogens with zero attached hydrogens (tertiary/aromatic N) is 1. The summed E-state index contributed by atoms with van der Waals surface area (Å²) in [6.07, 6.45) is -2.43. The average Bonchev–Trinajstić information content (AvgIpc) is 2.34. The summed E-state index contributed by atoms with van der Waals surface area (Å²) in [7, 11) is 0. The van der Waals surface area contributed by atoms with Gasteiger partial charge in [-0.1, -0.05) is 23.7 Å². The number of alkyl halides is 2. The van der Waals surface area contributed by atoms with Crippen LogP contribution in [0.15, 0.2) is 18.2 Å². The standard InChI is InChI=1S/C13H17ClF2N2/c1-9-3-2-4-10(14)11(9)12(13(15)16)18-7-5-17-6-8-18/h2-4,12-13,17H,5-8H2,1H3/t12-/m0/s1. The van der Waals surface area contributed by atoms with E-state index in [0.717, 1.165) is 18.7 Å². The first kappa shape index (κ1) is 13.7. The third kappa shape index (κ3) is 2.82. The summed E-state index contributed by atoms with van der Waals surface area (Å²) >= 11 is 6.11. The second-order valence-electron chi connectivity index (χ2n) is 4.54. The zero-order valence-corrected chi connectivity index (χ0v) is 11.1. The first-order valence-corrected chi connectivity index (χ1v) is 6.47. The Bertz CT molecular complexity index is 386. The van der Waals surface area contributed by atoms with Crippen molar-refractivity contribution in [3.8, 4) is 0 Å². The molecule has 0 radical (unpaired) electrons. The largest absolute Gasteiger partial charge is 0.314 e. The second kappa shape index (κ2) is 5.95. The molecule has 0 saturated carbocycles. The quantitative estimate of drug-likeness (QED) is 0.912. The van der Waals surface area contributed by atoms with E-state index in [1.807, 2.05) is 17.9 Å². The van der Waals surface area contributed by atoms with Crippen LogP contribution < -0.4 is 5.32 Å². The van der Waals surface area contributed by atoms with Crippen molar-refractivity contribution in [3.05, 3.63) is 34.3 Å². The first-order chi connectivity index (χ1) is 8.61. The predicted octanol–water partition coefficient (Wildman–Crippen LogP) is 2.86. The summed E-state index contributed by atoms with van der Waals surface area (Å²) in [5, 5.41) is 3.60. The molecule has 1 aliphatic heterocycles. The molecule has 1 heterocycles. The molecule has 1 fully saturated rings. The molecule has 1 aliphatic rings. The highest BCUT2D eigenvalue weighted by atomic mass is 35.5. The molecule has 0 amide bonds. The van der Waals surface area contributed by atoms with Crippen LogP contribution >= 0.6 is 11.6 Å². The van der Waals surface area contributed by atoms with Gasteiger partial charge in [0.1, 0.15) is 0 Å². The minimum absolute atomic E-state index is 0.429. The van der Waals surface area contributed by atoms with Crippen molar-refractivity contribution in [1.82, 2.24) is 10.2 Å². The Morgan fingerprint density at radius 2 is 1.94 bits per heavy atom. The lowest BCUT2D eigenvalue weighted by Gasteiger charge is -2.35. The van der Waals surface area contributed by atoms with Gasteiger partial charge in [-0.05, 0) is 24.1 Å². The Balaban J connectivity index is 2.34. The lowest BCUT2D eigenvalue weighted by molar-refractivity contribution is 0.0179. The monoisotopic (exact) mass is 274 g/mol. The van der Waals surface area contributed by atoms with Crippen LogP contribution in [0, 0.1) is 6.92 Å². The fourth-order valence-corrected chi connectivity index (χ4v) is 2.78. The Morgan fingerprint density at radius 1 is 1.28 bits per heavy atom. The number of nitrogens with one attached hydrogen (secondary N) is 1. The Morgan fingerprint density at radius 3 is 2.50 bits per heavy atom. The van der Waals surface area contributed by atoms with E-state index in [1.54, 1.807) is 12.1 Å². The molecule has 18 heavy (non-hydrogen) atoms. The molecule has 0 unspecified atom stereocenters. The molecular weight excluding hydrogens is 258 g/mol. The molecule has 1 atom stereocenters. The van der Waals surface area contributed by atoms with E-state index in [4.69, 9.17) is 11.6 Å². The van der Waals surface area contributed by atoms with Crippen molar-refractivity contribution in [3.63, 3.8) is 0 Å². The average molecular weight is 275 g/mol. The van der Waals surface area contributed by atoms with Gasteiger partial charge in [-0.15, -0.1) is 0 Å². The van der Waals surface area contributed by atoms with Crippen molar-refractivity contribution >= 4 is 11.6 Å². The van der Waals surface area contributed by atoms with Gasteiger partial charge in [-0.2, -0.15) is 0 Å². The summed E-state index contributed by atoms with van der Waals surface area (Å²) in [4.78, 5) is 1.81. The molecule has 0 aromatic heterocycles. The molecule has 2 rings (SSSR count). The number of rotatable bonds is 3. The highest BCUT2D eigenvalue weighted by Crippen LogP contribution is 2.34. The zero-order valence-electron chi connectivity index (χ0n) is 10.3. The smallest absolute Gasteiger partial charge is 0.258 e. The maximum Gasteiger partial charge on any atom is 0.258 e. The molecule has 1 aromatic carbocycles. The highest BCUT2D eigenvalue weighted by Gasteiger charge is 2.32. The summed E-state index contributed by atoms with van der Waals surface area (Å²) < 4.78 is 26.8. The van der Waals surface area contributed by atoms with E-state index >= 15 is 0 Å². The number of aryl methyl sites for hydroxylation is 1. The molecule has 0 aliphatic carbocycles. The van der Waals surface area contributed by atoms with Crippen LogP contribution in [0.2, 0.25) is 5.02 Å². The maximum atomic E-state index is 13.4. The fourth-order valence-electron chi connectivity index (χ4n) is 2.45. The molecule has 0 bridgehead atoms. The first-order valence-electron chi connectivity index (χ1n) is 6.09. The van der Waals surface area contributed by atoms with E-state index in [1.165, 1.54) is 0 Å². The molecule has 100 valence electrons. The minimum Gasteiger partial charge on any atom is -0.314 e. The third-order valence-electron chi connectivity index (χ3n) is 3.35. The van der Waals surface area contributed by atoms with Gasteiger partial charge in [0.25, 0.3) is 6.43 Å². The summed E-state index contributed by atoms with van der Waals surface area (Å²) in [5.74, 6) is 0. The SMILES string of the molecule is Cc1cccc(Cl)c1[C@@H](C(F)F)N1CCNCC1. The van der Waals surface area contributed by atoms with Gasteiger partial charge in [0, 0.05) is 31.2 Å². The Labute approximate surface area is 111 Å². The molecule has 1 saturated heterocycles. The zero-order chi connectivity index (χ0) is 13.1. The van der Waals surface area contributed by atoms with Crippen LogP contribution in [-0.4, -0.2) is 37.5 Å². The van der Waals surface area contributed by atoms with Crippen molar-refractivity contribution < 1.29 is 8.78 Å². The minimum atomic E-state index is -2.43. The van der Waals surface area contributed by atoms with Crippen LogP contribution in [0.3, 0.4) is 0 Å². The summed E-state index contributed by atoms with van der Waals surface area (Å²) in [6, 6.07) is 4.41. The molecule has 0 spiro atoms. The van der Waals surface area contributed by atoms with Crippen LogP contribution in [0.5, 0.6) is 0 Å². The predicted molar refractivity (Wildman–Crippen MR) is 69.4 cm³/mol. The summed E-state index contributed by atoms with van der Waals surface area (Å²) in [6.45, 7) is 4.57. The molecule has 1 aromatic rings. The Kier molecular flexibility index (Phi) is 4.54. The lowest BCUT2D eigenvalue weighted by atomic mass is 9.99. The van der Waals surface area contributed by atoms with Gasteiger partial charge < -0.3 is 5.32 Å². The van der Waals surface area contributed by atoms with Gasteiger partial charge >= 0.3 is 0 Å². The number of hydrogen-bond acceptors (Lipinski definition) is 2. The van der Waals surface area contributed by atoms with Crippen LogP contribution in [-0.2, 0) is 0 Å². The van der Waals surface area contributed by atoms with Crippen molar-refractivity contribution in [2.75, 3.05) is 26.2 Å². The number of halogens is 3. The number of hydrogen-bond donors (Lipinski definition) is 1. The van der Waals surface area contributed by atoms with Crippen molar-refractivity contribution in [2.45, 2.75) is 19.4 Å². The second-order valence-corrected chi connectivity index (χ2v) is 4.94. The van der Waals surface area contributed by atoms with Gasteiger partial charge in [0.2, 0.25) is 0 Å². The van der Waals surface area contributed by atoms with Gasteiger partial charge in [0.15, 0.2) is 0 Å². The van der Waals surface area contributed by atoms with Gasteiger partial charge in [-0.25, -0.2) is 8.78 Å². The van der Waals surface area contributed by atoms with E-state index in [-0.39, 0.29) is 0 Å². The Hall–Kier alpha value is -0.710. The van der Waals surface area contributed by atoms with E-state index in [2.05, 4.69) is 5.32 Å². The molecule has 5 heteroatoms. The van der Waals surface area contributed by atoms with Crippen molar-refractivity contribution in [2.24, 2.45) is 0 Å². The summed E-state index contributed by atoms with van der Waals surface area (Å²) in [5.41, 5.74) is 1.39. The topological polar surface area (TPSA) is 15.3 Å². The van der Waals surface area contributed by atoms with Gasteiger partial charge in [0.05, 0.1) is 6.04 Å². The fraction of sp³-hybridized carbons (Fsp3) is 0.538. The molecular formula is C13H17ClF2N2. The maximum absolute atomic E-state index is 13.4. The third-order valence-corrected chi connectivity index (χ3v) is 3.68. The van der Waals surface area contributed by atoms with Gasteiger partial charge in [-0.3, -0.25) is 4.90 Å². The van der Waals surface area contributed by atoms with Crippen LogP contribution in [0.4, 0.5) is 8.78 Å².